The number of nitro groups is 1. The van der Waals surface area contributed by atoms with Gasteiger partial charge in [-0.25, -0.2) is 0 Å². The van der Waals surface area contributed by atoms with Crippen LogP contribution in [-0.2, 0) is 0 Å². The number of nitrogens with two attached hydrogens (primary N) is 1. The van der Waals surface area contributed by atoms with Gasteiger partial charge in [-0.3, -0.25) is 15.5 Å². The molecule has 1 aromatic rings. The summed E-state index contributed by atoms with van der Waals surface area (Å²) in [6.07, 6.45) is 6.39. The lowest BCUT2D eigenvalue weighted by Crippen LogP contribution is -2.24. The standard InChI is InChI=1S/C11H10N4O3S/c1-2-5-18-10-4-3-9(15(16)17)6-8(10)7-13-14-11(12)19/h1,3-4,6-7H,5H2,(H3,12,14,19). The molecule has 8 heteroatoms. The van der Waals surface area contributed by atoms with E-state index in [0.29, 0.717) is 11.3 Å². The minimum Gasteiger partial charge on any atom is -0.480 e. The van der Waals surface area contributed by atoms with Gasteiger partial charge in [0.25, 0.3) is 5.69 Å². The zero-order valence-corrected chi connectivity index (χ0v) is 10.5. The quantitative estimate of drug-likeness (QED) is 0.271. The Balaban J connectivity index is 3.03. The predicted octanol–water partition coefficient (Wildman–Crippen LogP) is 0.774. The third kappa shape index (κ3) is 4.61. The largest absolute Gasteiger partial charge is 0.480 e. The van der Waals surface area contributed by atoms with Gasteiger partial charge >= 0.3 is 0 Å². The number of hydrogen-bond donors (Lipinski definition) is 2. The summed E-state index contributed by atoms with van der Waals surface area (Å²) in [4.78, 5) is 10.2. The summed E-state index contributed by atoms with van der Waals surface area (Å²) in [5, 5.41) is 14.4. The Morgan fingerprint density at radius 3 is 3.05 bits per heavy atom. The van der Waals surface area contributed by atoms with E-state index in [2.05, 4.69) is 28.7 Å². The number of ether oxygens (including phenoxy) is 1. The molecule has 0 amide bonds. The molecule has 1 aromatic carbocycles. The number of nitro benzene ring substituents is 1. The minimum absolute atomic E-state index is 0.0206. The van der Waals surface area contributed by atoms with Gasteiger partial charge in [-0.1, -0.05) is 5.92 Å². The molecule has 0 atom stereocenters. The van der Waals surface area contributed by atoms with E-state index in [4.69, 9.17) is 16.9 Å². The topological polar surface area (TPSA) is 103 Å². The van der Waals surface area contributed by atoms with Crippen LogP contribution in [0.3, 0.4) is 0 Å². The number of non-ortho nitro benzene ring substituents is 1. The first-order valence-corrected chi connectivity index (χ1v) is 5.38. The SMILES string of the molecule is C#CCOc1ccc([N+](=O)[O-])cc1C=NNC(N)=S. The lowest BCUT2D eigenvalue weighted by Gasteiger charge is -2.05. The molecule has 0 aliphatic carbocycles. The van der Waals surface area contributed by atoms with Gasteiger partial charge in [0.1, 0.15) is 12.4 Å². The van der Waals surface area contributed by atoms with E-state index in [-0.39, 0.29) is 17.4 Å². The molecule has 0 saturated heterocycles. The van der Waals surface area contributed by atoms with E-state index < -0.39 is 4.92 Å². The van der Waals surface area contributed by atoms with Crippen molar-refractivity contribution in [3.05, 3.63) is 33.9 Å². The monoisotopic (exact) mass is 278 g/mol. The normalized spacial score (nSPS) is 9.84. The fourth-order valence-corrected chi connectivity index (χ4v) is 1.22. The van der Waals surface area contributed by atoms with E-state index in [9.17, 15) is 10.1 Å². The number of rotatable bonds is 5. The average molecular weight is 278 g/mol. The maximum absolute atomic E-state index is 10.7. The van der Waals surface area contributed by atoms with Gasteiger partial charge in [0.05, 0.1) is 11.1 Å². The van der Waals surface area contributed by atoms with Crippen LogP contribution in [0.2, 0.25) is 0 Å². The van der Waals surface area contributed by atoms with Crippen molar-refractivity contribution in [2.75, 3.05) is 6.61 Å². The Bertz CT molecular complexity index is 566. The lowest BCUT2D eigenvalue weighted by atomic mass is 10.2. The minimum atomic E-state index is -0.525. The van der Waals surface area contributed by atoms with Crippen LogP contribution in [0.1, 0.15) is 5.56 Å². The maximum atomic E-state index is 10.7. The number of thiocarbonyl (C=S) groups is 1. The molecule has 0 saturated carbocycles. The zero-order chi connectivity index (χ0) is 14.3. The van der Waals surface area contributed by atoms with Gasteiger partial charge in [0.15, 0.2) is 5.11 Å². The number of nitrogens with one attached hydrogen (secondary N) is 1. The first-order chi connectivity index (χ1) is 9.04. The first-order valence-electron chi connectivity index (χ1n) is 4.98. The fourth-order valence-electron chi connectivity index (χ4n) is 1.17. The molecule has 0 bridgehead atoms. The predicted molar refractivity (Wildman–Crippen MR) is 74.9 cm³/mol. The van der Waals surface area contributed by atoms with Gasteiger partial charge in [-0.05, 0) is 18.3 Å². The van der Waals surface area contributed by atoms with Gasteiger partial charge < -0.3 is 10.5 Å². The first kappa shape index (κ1) is 14.4. The van der Waals surface area contributed by atoms with Crippen LogP contribution in [-0.4, -0.2) is 22.9 Å². The van der Waals surface area contributed by atoms with Crippen molar-refractivity contribution in [3.8, 4) is 18.1 Å². The number of hydrogen-bond acceptors (Lipinski definition) is 5. The molecule has 3 N–H and O–H groups in total. The number of hydrazone groups is 1. The molecule has 0 spiro atoms. The third-order valence-electron chi connectivity index (χ3n) is 1.89. The van der Waals surface area contributed by atoms with Gasteiger partial charge in [-0.15, -0.1) is 6.42 Å². The molecule has 0 unspecified atom stereocenters. The second kappa shape index (κ2) is 6.93. The van der Waals surface area contributed by atoms with E-state index >= 15 is 0 Å². The van der Waals surface area contributed by atoms with Gasteiger partial charge in [0.2, 0.25) is 0 Å². The van der Waals surface area contributed by atoms with Crippen LogP contribution in [0.15, 0.2) is 23.3 Å². The molecule has 0 aliphatic rings. The highest BCUT2D eigenvalue weighted by Gasteiger charge is 2.10. The molecular weight excluding hydrogens is 268 g/mol. The number of nitrogens with zero attached hydrogens (tertiary/aromatic N) is 2. The van der Waals surface area contributed by atoms with Crippen LogP contribution in [0.25, 0.3) is 0 Å². The molecule has 0 radical (unpaired) electrons. The van der Waals surface area contributed by atoms with Crippen LogP contribution < -0.4 is 15.9 Å². The number of terminal acetylenes is 1. The zero-order valence-electron chi connectivity index (χ0n) is 9.70. The van der Waals surface area contributed by atoms with Crippen molar-refractivity contribution in [1.29, 1.82) is 0 Å². The van der Waals surface area contributed by atoms with Crippen LogP contribution >= 0.6 is 12.2 Å². The van der Waals surface area contributed by atoms with Crippen molar-refractivity contribution in [1.82, 2.24) is 5.43 Å². The molecule has 0 aromatic heterocycles. The molecule has 0 aliphatic heterocycles. The molecule has 1 rings (SSSR count). The smallest absolute Gasteiger partial charge is 0.270 e. The Kier molecular flexibility index (Phi) is 5.25. The summed E-state index contributed by atoms with van der Waals surface area (Å²) < 4.78 is 5.24. The molecule has 0 heterocycles. The Morgan fingerprint density at radius 1 is 1.74 bits per heavy atom. The molecular formula is C11H10N4O3S. The average Bonchev–Trinajstić information content (AvgIpc) is 2.36. The van der Waals surface area contributed by atoms with Crippen molar-refractivity contribution >= 4 is 29.2 Å². The van der Waals surface area contributed by atoms with Crippen LogP contribution in [0, 0.1) is 22.5 Å². The summed E-state index contributed by atoms with van der Waals surface area (Å²) in [6, 6.07) is 4.05. The van der Waals surface area contributed by atoms with Gasteiger partial charge in [0, 0.05) is 17.7 Å². The fraction of sp³-hybridized carbons (Fsp3) is 0.0909. The highest BCUT2D eigenvalue weighted by Crippen LogP contribution is 2.22. The molecule has 19 heavy (non-hydrogen) atoms. The summed E-state index contributed by atoms with van der Waals surface area (Å²) in [7, 11) is 0. The summed E-state index contributed by atoms with van der Waals surface area (Å²) in [5.41, 5.74) is 7.82. The summed E-state index contributed by atoms with van der Waals surface area (Å²) in [5.74, 6) is 2.67. The highest BCUT2D eigenvalue weighted by molar-refractivity contribution is 7.80. The highest BCUT2D eigenvalue weighted by atomic mass is 32.1. The van der Waals surface area contributed by atoms with E-state index in [1.54, 1.807) is 0 Å². The Hall–Kier alpha value is -2.66. The van der Waals surface area contributed by atoms with E-state index in [0.717, 1.165) is 0 Å². The molecule has 98 valence electrons. The summed E-state index contributed by atoms with van der Waals surface area (Å²) in [6.45, 7) is 0.0430. The Labute approximate surface area is 114 Å². The van der Waals surface area contributed by atoms with Crippen LogP contribution in [0.5, 0.6) is 5.75 Å². The van der Waals surface area contributed by atoms with E-state index in [1.807, 2.05) is 0 Å². The molecule has 0 fully saturated rings. The second-order valence-electron chi connectivity index (χ2n) is 3.21. The lowest BCUT2D eigenvalue weighted by molar-refractivity contribution is -0.384. The second-order valence-corrected chi connectivity index (χ2v) is 3.65. The maximum Gasteiger partial charge on any atom is 0.270 e. The van der Waals surface area contributed by atoms with Crippen molar-refractivity contribution in [2.45, 2.75) is 0 Å². The molecule has 7 nitrogen and oxygen atoms in total. The summed E-state index contributed by atoms with van der Waals surface area (Å²) >= 11 is 4.57. The van der Waals surface area contributed by atoms with Gasteiger partial charge in [-0.2, -0.15) is 5.10 Å². The van der Waals surface area contributed by atoms with Crippen molar-refractivity contribution in [3.63, 3.8) is 0 Å². The third-order valence-corrected chi connectivity index (χ3v) is 1.98. The van der Waals surface area contributed by atoms with Crippen molar-refractivity contribution < 1.29 is 9.66 Å². The number of benzene rings is 1. The van der Waals surface area contributed by atoms with Crippen LogP contribution in [0.4, 0.5) is 5.69 Å². The van der Waals surface area contributed by atoms with Crippen molar-refractivity contribution in [2.24, 2.45) is 10.8 Å². The van der Waals surface area contributed by atoms with E-state index in [1.165, 1.54) is 24.4 Å². The Morgan fingerprint density at radius 2 is 2.47 bits per heavy atom.